The first-order chi connectivity index (χ1) is 9.76. The standard InChI is InChI=1S/C15H20N2O4/c1-15(2,3)17-14(20)16-12(18)10-21-13(19)9-11-7-5-4-6-8-11/h4-8H,9-10H2,1-3H3,(H2,16,17,18,20). The molecule has 0 heterocycles. The summed E-state index contributed by atoms with van der Waals surface area (Å²) in [5.41, 5.74) is 0.349. The van der Waals surface area contributed by atoms with E-state index in [9.17, 15) is 14.4 Å². The highest BCUT2D eigenvalue weighted by Crippen LogP contribution is 2.01. The summed E-state index contributed by atoms with van der Waals surface area (Å²) in [5.74, 6) is -1.19. The second kappa shape index (κ2) is 7.42. The molecule has 6 heteroatoms. The van der Waals surface area contributed by atoms with Gasteiger partial charge in [-0.05, 0) is 26.3 Å². The van der Waals surface area contributed by atoms with Gasteiger partial charge in [0.15, 0.2) is 6.61 Å². The molecule has 0 fully saturated rings. The molecule has 0 aliphatic heterocycles. The summed E-state index contributed by atoms with van der Waals surface area (Å²) in [6.45, 7) is 4.88. The topological polar surface area (TPSA) is 84.5 Å². The van der Waals surface area contributed by atoms with Crippen LogP contribution in [0.3, 0.4) is 0 Å². The normalized spacial score (nSPS) is 10.6. The Morgan fingerprint density at radius 3 is 2.29 bits per heavy atom. The molecule has 0 saturated carbocycles. The largest absolute Gasteiger partial charge is 0.455 e. The molecule has 114 valence electrons. The molecule has 1 rings (SSSR count). The van der Waals surface area contributed by atoms with Crippen molar-refractivity contribution >= 4 is 17.9 Å². The third-order valence-electron chi connectivity index (χ3n) is 2.30. The first kappa shape index (κ1) is 16.7. The summed E-state index contributed by atoms with van der Waals surface area (Å²) in [7, 11) is 0. The molecule has 3 amide bonds. The van der Waals surface area contributed by atoms with Gasteiger partial charge in [0.25, 0.3) is 5.91 Å². The van der Waals surface area contributed by atoms with Gasteiger partial charge in [0.2, 0.25) is 0 Å². The lowest BCUT2D eigenvalue weighted by Crippen LogP contribution is -2.49. The van der Waals surface area contributed by atoms with Crippen LogP contribution in [0.15, 0.2) is 30.3 Å². The maximum atomic E-state index is 11.5. The van der Waals surface area contributed by atoms with Crippen molar-refractivity contribution in [1.82, 2.24) is 10.6 Å². The quantitative estimate of drug-likeness (QED) is 0.821. The van der Waals surface area contributed by atoms with E-state index in [0.29, 0.717) is 0 Å². The molecular formula is C15H20N2O4. The fourth-order valence-corrected chi connectivity index (χ4v) is 1.49. The molecule has 0 aliphatic carbocycles. The Hall–Kier alpha value is -2.37. The number of amides is 3. The zero-order valence-electron chi connectivity index (χ0n) is 12.4. The number of rotatable bonds is 4. The van der Waals surface area contributed by atoms with Crippen molar-refractivity contribution in [3.63, 3.8) is 0 Å². The molecule has 0 atom stereocenters. The van der Waals surface area contributed by atoms with E-state index < -0.39 is 30.1 Å². The van der Waals surface area contributed by atoms with Gasteiger partial charge in [-0.2, -0.15) is 0 Å². The molecule has 1 aromatic rings. The number of benzene rings is 1. The van der Waals surface area contributed by atoms with E-state index in [1.54, 1.807) is 32.9 Å². The minimum Gasteiger partial charge on any atom is -0.455 e. The van der Waals surface area contributed by atoms with Gasteiger partial charge in [0.1, 0.15) is 0 Å². The van der Waals surface area contributed by atoms with Crippen molar-refractivity contribution < 1.29 is 19.1 Å². The van der Waals surface area contributed by atoms with Crippen molar-refractivity contribution in [2.24, 2.45) is 0 Å². The van der Waals surface area contributed by atoms with E-state index in [1.165, 1.54) is 0 Å². The molecule has 0 aliphatic rings. The van der Waals surface area contributed by atoms with Gasteiger partial charge in [-0.15, -0.1) is 0 Å². The number of ether oxygens (including phenoxy) is 1. The molecule has 0 radical (unpaired) electrons. The van der Waals surface area contributed by atoms with Crippen LogP contribution in [0, 0.1) is 0 Å². The Morgan fingerprint density at radius 1 is 1.10 bits per heavy atom. The van der Waals surface area contributed by atoms with Crippen LogP contribution in [-0.2, 0) is 20.7 Å². The minimum absolute atomic E-state index is 0.0856. The molecule has 6 nitrogen and oxygen atoms in total. The number of urea groups is 1. The van der Waals surface area contributed by atoms with E-state index >= 15 is 0 Å². The monoisotopic (exact) mass is 292 g/mol. The Labute approximate surface area is 123 Å². The summed E-state index contributed by atoms with van der Waals surface area (Å²) in [6, 6.07) is 8.43. The van der Waals surface area contributed by atoms with Crippen molar-refractivity contribution in [3.8, 4) is 0 Å². The predicted molar refractivity (Wildman–Crippen MR) is 77.5 cm³/mol. The predicted octanol–water partition coefficient (Wildman–Crippen LogP) is 1.40. The van der Waals surface area contributed by atoms with Gasteiger partial charge in [-0.25, -0.2) is 4.79 Å². The number of hydrogen-bond donors (Lipinski definition) is 2. The Balaban J connectivity index is 2.30. The Morgan fingerprint density at radius 2 is 1.71 bits per heavy atom. The molecule has 0 spiro atoms. The summed E-state index contributed by atoms with van der Waals surface area (Å²) in [4.78, 5) is 34.4. The lowest BCUT2D eigenvalue weighted by Gasteiger charge is -2.20. The van der Waals surface area contributed by atoms with Crippen LogP contribution in [0.2, 0.25) is 0 Å². The van der Waals surface area contributed by atoms with Crippen molar-refractivity contribution in [3.05, 3.63) is 35.9 Å². The van der Waals surface area contributed by atoms with E-state index in [-0.39, 0.29) is 6.42 Å². The van der Waals surface area contributed by atoms with E-state index in [4.69, 9.17) is 4.74 Å². The minimum atomic E-state index is -0.668. The number of nitrogens with one attached hydrogen (secondary N) is 2. The van der Waals surface area contributed by atoms with Crippen LogP contribution in [0.5, 0.6) is 0 Å². The first-order valence-electron chi connectivity index (χ1n) is 6.58. The van der Waals surface area contributed by atoms with Gasteiger partial charge < -0.3 is 10.1 Å². The number of carbonyl (C=O) groups is 3. The Kier molecular flexibility index (Phi) is 5.90. The van der Waals surface area contributed by atoms with Crippen LogP contribution < -0.4 is 10.6 Å². The molecule has 2 N–H and O–H groups in total. The Bertz CT molecular complexity index is 506. The summed E-state index contributed by atoms with van der Waals surface area (Å²) < 4.78 is 4.81. The molecular weight excluding hydrogens is 272 g/mol. The van der Waals surface area contributed by atoms with Crippen LogP contribution in [-0.4, -0.2) is 30.1 Å². The SMILES string of the molecule is CC(C)(C)NC(=O)NC(=O)COC(=O)Cc1ccccc1. The van der Waals surface area contributed by atoms with E-state index in [2.05, 4.69) is 10.6 Å². The van der Waals surface area contributed by atoms with Crippen LogP contribution >= 0.6 is 0 Å². The van der Waals surface area contributed by atoms with Crippen LogP contribution in [0.4, 0.5) is 4.79 Å². The summed E-state index contributed by atoms with van der Waals surface area (Å²) in [5, 5.41) is 4.66. The second-order valence-electron chi connectivity index (χ2n) is 5.58. The first-order valence-corrected chi connectivity index (χ1v) is 6.58. The highest BCUT2D eigenvalue weighted by atomic mass is 16.5. The highest BCUT2D eigenvalue weighted by molar-refractivity contribution is 5.95. The fraction of sp³-hybridized carbons (Fsp3) is 0.400. The summed E-state index contributed by atoms with van der Waals surface area (Å²) in [6.07, 6.45) is 0.0856. The fourth-order valence-electron chi connectivity index (χ4n) is 1.49. The zero-order valence-corrected chi connectivity index (χ0v) is 12.4. The van der Waals surface area contributed by atoms with Crippen LogP contribution in [0.25, 0.3) is 0 Å². The molecule has 0 unspecified atom stereocenters. The van der Waals surface area contributed by atoms with E-state index in [0.717, 1.165) is 5.56 Å². The average Bonchev–Trinajstić information content (AvgIpc) is 2.35. The van der Waals surface area contributed by atoms with Gasteiger partial charge in [0.05, 0.1) is 6.42 Å². The van der Waals surface area contributed by atoms with Gasteiger partial charge >= 0.3 is 12.0 Å². The lowest BCUT2D eigenvalue weighted by atomic mass is 10.1. The molecule has 0 saturated heterocycles. The highest BCUT2D eigenvalue weighted by Gasteiger charge is 2.16. The van der Waals surface area contributed by atoms with Crippen molar-refractivity contribution in [1.29, 1.82) is 0 Å². The van der Waals surface area contributed by atoms with E-state index in [1.807, 2.05) is 18.2 Å². The molecule has 21 heavy (non-hydrogen) atoms. The average molecular weight is 292 g/mol. The van der Waals surface area contributed by atoms with Crippen molar-refractivity contribution in [2.45, 2.75) is 32.7 Å². The van der Waals surface area contributed by atoms with Gasteiger partial charge in [-0.3, -0.25) is 14.9 Å². The smallest absolute Gasteiger partial charge is 0.321 e. The third-order valence-corrected chi connectivity index (χ3v) is 2.30. The second-order valence-corrected chi connectivity index (χ2v) is 5.58. The number of hydrogen-bond acceptors (Lipinski definition) is 4. The number of esters is 1. The molecule has 0 aromatic heterocycles. The van der Waals surface area contributed by atoms with Crippen LogP contribution in [0.1, 0.15) is 26.3 Å². The zero-order chi connectivity index (χ0) is 15.9. The number of imide groups is 1. The number of carbonyl (C=O) groups excluding carboxylic acids is 3. The van der Waals surface area contributed by atoms with Gasteiger partial charge in [-0.1, -0.05) is 30.3 Å². The third kappa shape index (κ3) is 7.71. The van der Waals surface area contributed by atoms with Gasteiger partial charge in [0, 0.05) is 5.54 Å². The maximum absolute atomic E-state index is 11.5. The summed E-state index contributed by atoms with van der Waals surface area (Å²) >= 11 is 0. The molecule has 0 bridgehead atoms. The molecule has 1 aromatic carbocycles. The maximum Gasteiger partial charge on any atom is 0.321 e. The van der Waals surface area contributed by atoms with Crippen molar-refractivity contribution in [2.75, 3.05) is 6.61 Å². The lowest BCUT2D eigenvalue weighted by molar-refractivity contribution is -0.147.